The van der Waals surface area contributed by atoms with Crippen LogP contribution in [0.3, 0.4) is 0 Å². The van der Waals surface area contributed by atoms with Crippen LogP contribution in [0.25, 0.3) is 0 Å². The van der Waals surface area contributed by atoms with Crippen LogP contribution in [-0.2, 0) is 4.57 Å². The first-order chi connectivity index (χ1) is 3.43. The van der Waals surface area contributed by atoms with Crippen molar-refractivity contribution in [2.24, 2.45) is 0 Å². The monoisotopic (exact) mass is 118 g/mol. The van der Waals surface area contributed by atoms with Gasteiger partial charge in [0.25, 0.3) is 0 Å². The van der Waals surface area contributed by atoms with Crippen LogP contribution in [0.2, 0.25) is 0 Å². The predicted molar refractivity (Wildman–Crippen MR) is 27.2 cm³/mol. The van der Waals surface area contributed by atoms with Crippen molar-refractivity contribution >= 4 is 8.61 Å². The Kier molecular flexibility index (Phi) is 1.74. The highest BCUT2D eigenvalue weighted by atomic mass is 31.1. The van der Waals surface area contributed by atoms with E-state index in [2.05, 4.69) is 5.32 Å². The average Bonchev–Trinajstić information content (AvgIpc) is 2.14. The SMILES string of the molecule is O=PN1CCNC1. The molecule has 1 aliphatic heterocycles. The first-order valence-corrected chi connectivity index (χ1v) is 2.99. The molecule has 0 atom stereocenters. The maximum Gasteiger partial charge on any atom is 0.250 e. The fourth-order valence-electron chi connectivity index (χ4n) is 0.565. The van der Waals surface area contributed by atoms with Gasteiger partial charge < -0.3 is 5.32 Å². The smallest absolute Gasteiger partial charge is 0.250 e. The van der Waals surface area contributed by atoms with Crippen LogP contribution in [-0.4, -0.2) is 24.4 Å². The minimum Gasteiger partial charge on any atom is -0.302 e. The van der Waals surface area contributed by atoms with Crippen LogP contribution in [0.4, 0.5) is 0 Å². The van der Waals surface area contributed by atoms with Crippen LogP contribution >= 0.6 is 8.61 Å². The zero-order chi connectivity index (χ0) is 5.11. The lowest BCUT2D eigenvalue weighted by Gasteiger charge is -1.95. The zero-order valence-corrected chi connectivity index (χ0v) is 4.82. The van der Waals surface area contributed by atoms with Gasteiger partial charge in [0.15, 0.2) is 0 Å². The second-order valence-electron chi connectivity index (χ2n) is 1.47. The van der Waals surface area contributed by atoms with E-state index in [1.807, 2.05) is 0 Å². The molecule has 1 fully saturated rings. The van der Waals surface area contributed by atoms with Crippen molar-refractivity contribution in [1.82, 2.24) is 9.99 Å². The van der Waals surface area contributed by atoms with Crippen molar-refractivity contribution in [3.05, 3.63) is 0 Å². The first-order valence-electron chi connectivity index (χ1n) is 2.22. The molecule has 0 unspecified atom stereocenters. The molecule has 0 spiro atoms. The van der Waals surface area contributed by atoms with Crippen molar-refractivity contribution < 1.29 is 4.57 Å². The molecule has 0 bridgehead atoms. The molecule has 1 heterocycles. The summed E-state index contributed by atoms with van der Waals surface area (Å²) in [6, 6.07) is 0. The summed E-state index contributed by atoms with van der Waals surface area (Å²) in [4.78, 5) is 0. The molecule has 1 N–H and O–H groups in total. The van der Waals surface area contributed by atoms with Crippen molar-refractivity contribution in [3.63, 3.8) is 0 Å². The summed E-state index contributed by atoms with van der Waals surface area (Å²) in [5.41, 5.74) is 0. The van der Waals surface area contributed by atoms with E-state index in [1.54, 1.807) is 4.67 Å². The summed E-state index contributed by atoms with van der Waals surface area (Å²) < 4.78 is 11.8. The summed E-state index contributed by atoms with van der Waals surface area (Å²) in [5, 5.41) is 3.04. The van der Waals surface area contributed by atoms with E-state index in [1.165, 1.54) is 0 Å². The zero-order valence-electron chi connectivity index (χ0n) is 3.92. The fraction of sp³-hybridized carbons (Fsp3) is 1.00. The van der Waals surface area contributed by atoms with Gasteiger partial charge in [-0.25, -0.2) is 4.67 Å². The van der Waals surface area contributed by atoms with Crippen LogP contribution < -0.4 is 5.32 Å². The molecular formula is C3H7N2OP. The maximum absolute atomic E-state index is 9.99. The minimum atomic E-state index is 0.143. The number of nitrogens with one attached hydrogen (secondary N) is 1. The molecular weight excluding hydrogens is 111 g/mol. The van der Waals surface area contributed by atoms with E-state index >= 15 is 0 Å². The molecule has 3 nitrogen and oxygen atoms in total. The molecule has 4 heteroatoms. The Labute approximate surface area is 43.9 Å². The molecule has 0 aromatic rings. The van der Waals surface area contributed by atoms with Gasteiger partial charge in [0.1, 0.15) is 0 Å². The Morgan fingerprint density at radius 1 is 1.71 bits per heavy atom. The lowest BCUT2D eigenvalue weighted by molar-refractivity contribution is 0.507. The van der Waals surface area contributed by atoms with Crippen molar-refractivity contribution in [3.8, 4) is 0 Å². The Hall–Kier alpha value is 0.0200. The normalized spacial score (nSPS) is 24.0. The molecule has 1 rings (SSSR count). The van der Waals surface area contributed by atoms with E-state index < -0.39 is 0 Å². The summed E-state index contributed by atoms with van der Waals surface area (Å²) >= 11 is 0. The van der Waals surface area contributed by atoms with Gasteiger partial charge in [-0.05, 0) is 0 Å². The molecule has 7 heavy (non-hydrogen) atoms. The van der Waals surface area contributed by atoms with Crippen molar-refractivity contribution in [1.29, 1.82) is 0 Å². The topological polar surface area (TPSA) is 32.3 Å². The third-order valence-electron chi connectivity index (χ3n) is 0.956. The summed E-state index contributed by atoms with van der Waals surface area (Å²) in [5.74, 6) is 0. The van der Waals surface area contributed by atoms with Gasteiger partial charge in [0.2, 0.25) is 8.61 Å². The predicted octanol–water partition coefficient (Wildman–Crippen LogP) is 0.0558. The maximum atomic E-state index is 9.99. The molecule has 0 amide bonds. The summed E-state index contributed by atoms with van der Waals surface area (Å²) in [7, 11) is 0.143. The van der Waals surface area contributed by atoms with E-state index in [4.69, 9.17) is 0 Å². The Balaban J connectivity index is 2.26. The molecule has 0 radical (unpaired) electrons. The van der Waals surface area contributed by atoms with E-state index in [0.29, 0.717) is 0 Å². The second-order valence-corrected chi connectivity index (χ2v) is 2.20. The third kappa shape index (κ3) is 1.20. The standard InChI is InChI=1S/C3H7N2OP/c6-7-5-2-1-4-3-5/h4H,1-3H2. The van der Waals surface area contributed by atoms with E-state index in [-0.39, 0.29) is 8.61 Å². The summed E-state index contributed by atoms with van der Waals surface area (Å²) in [6.45, 7) is 2.64. The molecule has 40 valence electrons. The molecule has 0 saturated carbocycles. The average molecular weight is 118 g/mol. The molecule has 0 aliphatic carbocycles. The minimum absolute atomic E-state index is 0.143. The third-order valence-corrected chi connectivity index (χ3v) is 1.53. The van der Waals surface area contributed by atoms with Gasteiger partial charge in [-0.2, -0.15) is 0 Å². The van der Waals surface area contributed by atoms with Crippen LogP contribution in [0.1, 0.15) is 0 Å². The van der Waals surface area contributed by atoms with Gasteiger partial charge in [0, 0.05) is 13.1 Å². The van der Waals surface area contributed by atoms with Crippen LogP contribution in [0.5, 0.6) is 0 Å². The van der Waals surface area contributed by atoms with Gasteiger partial charge in [-0.1, -0.05) is 0 Å². The van der Waals surface area contributed by atoms with Crippen molar-refractivity contribution in [2.45, 2.75) is 0 Å². The number of hydrogen-bond donors (Lipinski definition) is 1. The van der Waals surface area contributed by atoms with E-state index in [0.717, 1.165) is 19.8 Å². The Morgan fingerprint density at radius 2 is 2.57 bits per heavy atom. The van der Waals surface area contributed by atoms with Crippen LogP contribution in [0.15, 0.2) is 0 Å². The Morgan fingerprint density at radius 3 is 2.86 bits per heavy atom. The first kappa shape index (κ1) is 5.16. The number of hydrogen-bond acceptors (Lipinski definition) is 2. The summed E-state index contributed by atoms with van der Waals surface area (Å²) in [6.07, 6.45) is 0. The Bertz CT molecular complexity index is 71.3. The van der Waals surface area contributed by atoms with E-state index in [9.17, 15) is 4.57 Å². The molecule has 0 aromatic heterocycles. The molecule has 0 aromatic carbocycles. The number of nitrogens with zero attached hydrogens (tertiary/aromatic N) is 1. The van der Waals surface area contributed by atoms with Crippen LogP contribution in [0, 0.1) is 0 Å². The molecule has 1 saturated heterocycles. The quantitative estimate of drug-likeness (QED) is 0.494. The highest BCUT2D eigenvalue weighted by Crippen LogP contribution is 2.04. The largest absolute Gasteiger partial charge is 0.302 e. The lowest BCUT2D eigenvalue weighted by Crippen LogP contribution is -2.10. The van der Waals surface area contributed by atoms with Gasteiger partial charge >= 0.3 is 0 Å². The lowest BCUT2D eigenvalue weighted by atomic mass is 10.7. The van der Waals surface area contributed by atoms with Gasteiger partial charge in [0.05, 0.1) is 6.67 Å². The highest BCUT2D eigenvalue weighted by molar-refractivity contribution is 7.20. The highest BCUT2D eigenvalue weighted by Gasteiger charge is 2.08. The number of rotatable bonds is 1. The van der Waals surface area contributed by atoms with Crippen molar-refractivity contribution in [2.75, 3.05) is 19.8 Å². The molecule has 1 aliphatic rings. The fourth-order valence-corrected chi connectivity index (χ4v) is 0.904. The van der Waals surface area contributed by atoms with Gasteiger partial charge in [-0.3, -0.25) is 4.57 Å². The van der Waals surface area contributed by atoms with Gasteiger partial charge in [-0.15, -0.1) is 0 Å². The second kappa shape index (κ2) is 2.36.